The lowest BCUT2D eigenvalue weighted by Gasteiger charge is -2.44. The van der Waals surface area contributed by atoms with Crippen LogP contribution in [0.15, 0.2) is 52.9 Å². The van der Waals surface area contributed by atoms with E-state index in [4.69, 9.17) is 28.1 Å². The number of para-hydroxylation sites is 1. The van der Waals surface area contributed by atoms with E-state index in [-0.39, 0.29) is 17.9 Å². The molecule has 1 aliphatic heterocycles. The van der Waals surface area contributed by atoms with Crippen LogP contribution in [0, 0.1) is 0 Å². The third kappa shape index (κ3) is 6.78. The van der Waals surface area contributed by atoms with Crippen molar-refractivity contribution in [3.05, 3.63) is 65.4 Å². The van der Waals surface area contributed by atoms with Gasteiger partial charge in [-0.25, -0.2) is 0 Å². The van der Waals surface area contributed by atoms with E-state index >= 15 is 0 Å². The molecule has 0 spiro atoms. The summed E-state index contributed by atoms with van der Waals surface area (Å²) in [6.45, 7) is 4.28. The van der Waals surface area contributed by atoms with Crippen LogP contribution in [0.4, 0.5) is 0 Å². The number of hydrogen-bond acceptors (Lipinski definition) is 11. The quantitative estimate of drug-likeness (QED) is 0.322. The van der Waals surface area contributed by atoms with Gasteiger partial charge in [-0.2, -0.15) is 0 Å². The molecule has 11 nitrogen and oxygen atoms in total. The summed E-state index contributed by atoms with van der Waals surface area (Å²) in [5.74, 6) is -2.32. The lowest BCUT2D eigenvalue weighted by Crippen LogP contribution is -2.59. The Labute approximate surface area is 229 Å². The van der Waals surface area contributed by atoms with E-state index in [2.05, 4.69) is 0 Å². The summed E-state index contributed by atoms with van der Waals surface area (Å²) < 4.78 is 33.7. The standard InChI is InChI=1S/C29H30O11/c1-15(30)35-14-25-27(36-16(2)31)29(38-18(4)33)28(37-17(3)32)26(40-25)22-12-19(9-10-23(22)34)11-21-13-20-7-5-6-8-24(20)39-21/h5-10,12-13,25-29,34H,11,14H2,1-4H3/t25-,26+,27-,28+,29+/m1/s1. The number of phenols is 1. The molecule has 4 rings (SSSR count). The molecule has 0 amide bonds. The van der Waals surface area contributed by atoms with Crippen molar-refractivity contribution in [2.75, 3.05) is 6.61 Å². The minimum absolute atomic E-state index is 0.186. The molecule has 3 aromatic rings. The summed E-state index contributed by atoms with van der Waals surface area (Å²) in [6, 6.07) is 14.3. The monoisotopic (exact) mass is 554 g/mol. The highest BCUT2D eigenvalue weighted by Gasteiger charge is 2.53. The van der Waals surface area contributed by atoms with Gasteiger partial charge in [0.2, 0.25) is 0 Å². The molecular weight excluding hydrogens is 524 g/mol. The predicted molar refractivity (Wildman–Crippen MR) is 138 cm³/mol. The van der Waals surface area contributed by atoms with Crippen molar-refractivity contribution in [1.29, 1.82) is 0 Å². The van der Waals surface area contributed by atoms with Crippen LogP contribution in [0.5, 0.6) is 5.75 Å². The van der Waals surface area contributed by atoms with Gasteiger partial charge in [-0.05, 0) is 29.8 Å². The van der Waals surface area contributed by atoms with Crippen LogP contribution in [0.3, 0.4) is 0 Å². The number of carbonyl (C=O) groups excluding carboxylic acids is 4. The molecule has 11 heteroatoms. The Morgan fingerprint density at radius 1 is 0.800 bits per heavy atom. The van der Waals surface area contributed by atoms with Crippen LogP contribution in [-0.2, 0) is 49.3 Å². The van der Waals surface area contributed by atoms with Gasteiger partial charge in [-0.1, -0.05) is 24.3 Å². The zero-order chi connectivity index (χ0) is 29.0. The molecule has 1 N–H and O–H groups in total. The second kappa shape index (κ2) is 12.2. The second-order valence-electron chi connectivity index (χ2n) is 9.44. The van der Waals surface area contributed by atoms with Gasteiger partial charge >= 0.3 is 23.9 Å². The number of furan rings is 1. The molecule has 0 unspecified atom stereocenters. The highest BCUT2D eigenvalue weighted by atomic mass is 16.7. The molecule has 0 radical (unpaired) electrons. The van der Waals surface area contributed by atoms with Gasteiger partial charge in [0, 0.05) is 45.1 Å². The topological polar surface area (TPSA) is 148 Å². The molecule has 40 heavy (non-hydrogen) atoms. The van der Waals surface area contributed by atoms with E-state index in [1.807, 2.05) is 30.3 Å². The highest BCUT2D eigenvalue weighted by Crippen LogP contribution is 2.41. The largest absolute Gasteiger partial charge is 0.508 e. The first-order valence-electron chi connectivity index (χ1n) is 12.6. The Kier molecular flexibility index (Phi) is 8.73. The van der Waals surface area contributed by atoms with E-state index in [0.29, 0.717) is 12.2 Å². The lowest BCUT2D eigenvalue weighted by molar-refractivity contribution is -0.254. The zero-order valence-corrected chi connectivity index (χ0v) is 22.4. The third-order valence-electron chi connectivity index (χ3n) is 6.24. The maximum Gasteiger partial charge on any atom is 0.303 e. The maximum atomic E-state index is 12.2. The summed E-state index contributed by atoms with van der Waals surface area (Å²) in [5.41, 5.74) is 1.68. The van der Waals surface area contributed by atoms with E-state index < -0.39 is 54.4 Å². The van der Waals surface area contributed by atoms with Gasteiger partial charge in [0.05, 0.1) is 0 Å². The first-order valence-corrected chi connectivity index (χ1v) is 12.6. The van der Waals surface area contributed by atoms with Gasteiger partial charge in [0.15, 0.2) is 18.3 Å². The molecule has 1 aromatic heterocycles. The number of carbonyl (C=O) groups is 4. The number of aromatic hydroxyl groups is 1. The molecule has 0 saturated carbocycles. The normalized spacial score (nSPS) is 22.4. The SMILES string of the molecule is CC(=O)OC[C@H]1O[C@@H](c2cc(Cc3cc4ccccc4o3)ccc2O)[C@H](OC(C)=O)[C@@H](OC(C)=O)[C@@H]1OC(C)=O. The summed E-state index contributed by atoms with van der Waals surface area (Å²) in [4.78, 5) is 47.8. The van der Waals surface area contributed by atoms with Crippen molar-refractivity contribution in [2.24, 2.45) is 0 Å². The van der Waals surface area contributed by atoms with E-state index in [0.717, 1.165) is 37.3 Å². The fourth-order valence-electron chi connectivity index (χ4n) is 4.75. The minimum Gasteiger partial charge on any atom is -0.508 e. The summed E-state index contributed by atoms with van der Waals surface area (Å²) in [6.07, 6.45) is -5.92. The Balaban J connectivity index is 1.75. The van der Waals surface area contributed by atoms with Crippen LogP contribution in [0.2, 0.25) is 0 Å². The van der Waals surface area contributed by atoms with Crippen molar-refractivity contribution in [3.8, 4) is 5.75 Å². The van der Waals surface area contributed by atoms with Gasteiger partial charge in [0.1, 0.15) is 35.9 Å². The van der Waals surface area contributed by atoms with Crippen LogP contribution in [-0.4, -0.2) is 60.0 Å². The Bertz CT molecular complexity index is 1370. The number of esters is 4. The molecule has 2 heterocycles. The summed E-state index contributed by atoms with van der Waals surface area (Å²) >= 11 is 0. The average molecular weight is 555 g/mol. The molecule has 1 aliphatic rings. The maximum absolute atomic E-state index is 12.2. The number of phenolic OH excluding ortho intramolecular Hbond substituents is 1. The number of hydrogen-bond donors (Lipinski definition) is 1. The Morgan fingerprint density at radius 2 is 1.45 bits per heavy atom. The fraction of sp³-hybridized carbons (Fsp3) is 0.379. The van der Waals surface area contributed by atoms with Crippen LogP contribution in [0.25, 0.3) is 11.0 Å². The van der Waals surface area contributed by atoms with Crippen LogP contribution >= 0.6 is 0 Å². The van der Waals surface area contributed by atoms with Gasteiger partial charge in [-0.15, -0.1) is 0 Å². The van der Waals surface area contributed by atoms with Gasteiger partial charge in [0.25, 0.3) is 0 Å². The molecule has 212 valence electrons. The number of ether oxygens (including phenoxy) is 5. The number of fused-ring (bicyclic) bond motifs is 1. The Morgan fingerprint density at radius 3 is 2.10 bits per heavy atom. The van der Waals surface area contributed by atoms with E-state index in [9.17, 15) is 24.3 Å². The number of benzene rings is 2. The average Bonchev–Trinajstić information content (AvgIpc) is 3.28. The van der Waals surface area contributed by atoms with Crippen LogP contribution in [0.1, 0.15) is 50.7 Å². The van der Waals surface area contributed by atoms with Crippen LogP contribution < -0.4 is 0 Å². The first kappa shape index (κ1) is 28.6. The van der Waals surface area contributed by atoms with E-state index in [1.54, 1.807) is 12.1 Å². The Hall–Kier alpha value is -4.38. The summed E-state index contributed by atoms with van der Waals surface area (Å²) in [5, 5.41) is 11.8. The van der Waals surface area contributed by atoms with Crippen molar-refractivity contribution in [1.82, 2.24) is 0 Å². The minimum atomic E-state index is -1.34. The van der Waals surface area contributed by atoms with Crippen molar-refractivity contribution in [2.45, 2.75) is 64.6 Å². The smallest absolute Gasteiger partial charge is 0.303 e. The first-order chi connectivity index (χ1) is 19.0. The molecule has 0 bridgehead atoms. The molecule has 0 aliphatic carbocycles. The number of rotatable bonds is 8. The van der Waals surface area contributed by atoms with Crippen molar-refractivity contribution in [3.63, 3.8) is 0 Å². The highest BCUT2D eigenvalue weighted by molar-refractivity contribution is 5.77. The molecule has 2 aromatic carbocycles. The van der Waals surface area contributed by atoms with E-state index in [1.165, 1.54) is 13.0 Å². The summed E-state index contributed by atoms with van der Waals surface area (Å²) in [7, 11) is 0. The molecule has 1 saturated heterocycles. The molecule has 5 atom stereocenters. The zero-order valence-electron chi connectivity index (χ0n) is 22.4. The third-order valence-corrected chi connectivity index (χ3v) is 6.24. The fourth-order valence-corrected chi connectivity index (χ4v) is 4.75. The van der Waals surface area contributed by atoms with Gasteiger partial charge < -0.3 is 33.2 Å². The predicted octanol–water partition coefficient (Wildman–Crippen LogP) is 3.53. The van der Waals surface area contributed by atoms with Crippen molar-refractivity contribution >= 4 is 34.8 Å². The second-order valence-corrected chi connectivity index (χ2v) is 9.44. The lowest BCUT2D eigenvalue weighted by atomic mass is 9.89. The molecule has 1 fully saturated rings. The van der Waals surface area contributed by atoms with Crippen molar-refractivity contribution < 1.29 is 52.4 Å². The van der Waals surface area contributed by atoms with Gasteiger partial charge in [-0.3, -0.25) is 19.2 Å². The molecular formula is C29H30O11.